The van der Waals surface area contributed by atoms with Gasteiger partial charge in [0.25, 0.3) is 5.91 Å². The molecular weight excluding hydrogens is 444 g/mol. The molecule has 1 aliphatic rings. The lowest BCUT2D eigenvalue weighted by Gasteiger charge is -2.16. The highest BCUT2D eigenvalue weighted by molar-refractivity contribution is 5.96. The maximum Gasteiger partial charge on any atom is 0.291 e. The van der Waals surface area contributed by atoms with Crippen LogP contribution in [0.15, 0.2) is 42.7 Å². The zero-order valence-electron chi connectivity index (χ0n) is 19.9. The van der Waals surface area contributed by atoms with Crippen LogP contribution in [0.4, 0.5) is 11.6 Å². The van der Waals surface area contributed by atoms with Crippen molar-refractivity contribution < 1.29 is 9.53 Å². The van der Waals surface area contributed by atoms with E-state index in [1.165, 1.54) is 12.8 Å². The minimum atomic E-state index is -0.345. The molecular formula is C25H28N8O2. The number of carbonyl (C=O) groups is 1. The van der Waals surface area contributed by atoms with Gasteiger partial charge in [-0.25, -0.2) is 19.6 Å². The molecule has 1 saturated heterocycles. The quantitative estimate of drug-likeness (QED) is 0.421. The predicted octanol–water partition coefficient (Wildman–Crippen LogP) is 2.70. The summed E-state index contributed by atoms with van der Waals surface area (Å²) in [6.45, 7) is 4.75. The van der Waals surface area contributed by atoms with Gasteiger partial charge in [0.1, 0.15) is 23.2 Å². The van der Waals surface area contributed by atoms with Crippen molar-refractivity contribution in [1.82, 2.24) is 30.0 Å². The molecule has 0 unspecified atom stereocenters. The first kappa shape index (κ1) is 22.6. The van der Waals surface area contributed by atoms with Gasteiger partial charge in [0.05, 0.1) is 19.0 Å². The van der Waals surface area contributed by atoms with Gasteiger partial charge in [-0.05, 0) is 60.5 Å². The normalized spacial score (nSPS) is 13.4. The Morgan fingerprint density at radius 3 is 2.71 bits per heavy atom. The summed E-state index contributed by atoms with van der Waals surface area (Å²) in [6, 6.07) is 9.75. The highest BCUT2D eigenvalue weighted by Gasteiger charge is 2.17. The van der Waals surface area contributed by atoms with E-state index >= 15 is 0 Å². The summed E-state index contributed by atoms with van der Waals surface area (Å²) in [6.07, 6.45) is 5.94. The first-order valence-corrected chi connectivity index (χ1v) is 11.6. The van der Waals surface area contributed by atoms with Crippen molar-refractivity contribution >= 4 is 28.3 Å². The third-order valence-corrected chi connectivity index (χ3v) is 6.22. The lowest BCUT2D eigenvalue weighted by molar-refractivity contribution is 0.0940. The van der Waals surface area contributed by atoms with E-state index in [2.05, 4.69) is 36.3 Å². The number of nitrogens with two attached hydrogens (primary N) is 1. The van der Waals surface area contributed by atoms with E-state index in [9.17, 15) is 4.79 Å². The standard InChI is InChI=1S/C25H28N8O2/c1-16-30-24(31-33(16)15-17-5-6-21(28-13-17)32-9-3-4-10-32)25(34)29-14-18-11-19-7-8-27-23(26)22(19)20(12-18)35-2/h5-8,11-13H,3-4,9-10,14-15H2,1-2H3,(H2,26,27)(H,29,34). The lowest BCUT2D eigenvalue weighted by atomic mass is 10.1. The molecule has 4 heterocycles. The third kappa shape index (κ3) is 4.72. The average molecular weight is 473 g/mol. The smallest absolute Gasteiger partial charge is 0.291 e. The van der Waals surface area contributed by atoms with E-state index in [0.29, 0.717) is 30.5 Å². The van der Waals surface area contributed by atoms with Crippen molar-refractivity contribution in [3.63, 3.8) is 0 Å². The fourth-order valence-corrected chi connectivity index (χ4v) is 4.37. The van der Waals surface area contributed by atoms with Gasteiger partial charge < -0.3 is 20.7 Å². The summed E-state index contributed by atoms with van der Waals surface area (Å²) in [5, 5.41) is 8.96. The van der Waals surface area contributed by atoms with Crippen LogP contribution >= 0.6 is 0 Å². The van der Waals surface area contributed by atoms with Gasteiger partial charge in [-0.2, -0.15) is 0 Å². The molecule has 1 amide bonds. The number of amides is 1. The van der Waals surface area contributed by atoms with Crippen LogP contribution in [0.25, 0.3) is 10.8 Å². The zero-order valence-corrected chi connectivity index (χ0v) is 19.9. The van der Waals surface area contributed by atoms with Crippen molar-refractivity contribution in [3.8, 4) is 5.75 Å². The van der Waals surface area contributed by atoms with Crippen LogP contribution in [0.1, 0.15) is 40.4 Å². The number of fused-ring (bicyclic) bond motifs is 1. The van der Waals surface area contributed by atoms with E-state index in [0.717, 1.165) is 40.8 Å². The number of carbonyl (C=O) groups excluding carboxylic acids is 1. The Morgan fingerprint density at radius 2 is 1.97 bits per heavy atom. The number of nitrogens with zero attached hydrogens (tertiary/aromatic N) is 6. The summed E-state index contributed by atoms with van der Waals surface area (Å²) in [4.78, 5) is 28.1. The SMILES string of the molecule is COc1cc(CNC(=O)c2nc(C)n(Cc3ccc(N4CCCC4)nc3)n2)cc2ccnc(N)c12. The van der Waals surface area contributed by atoms with Gasteiger partial charge in [-0.1, -0.05) is 6.07 Å². The number of anilines is 2. The molecule has 10 heteroatoms. The number of methoxy groups -OCH3 is 1. The summed E-state index contributed by atoms with van der Waals surface area (Å²) < 4.78 is 7.20. The number of aryl methyl sites for hydroxylation is 1. The Bertz CT molecular complexity index is 1360. The van der Waals surface area contributed by atoms with Crippen molar-refractivity contribution in [1.29, 1.82) is 0 Å². The second-order valence-corrected chi connectivity index (χ2v) is 8.63. The van der Waals surface area contributed by atoms with Gasteiger partial charge in [-0.15, -0.1) is 5.10 Å². The number of aromatic nitrogens is 5. The topological polar surface area (TPSA) is 124 Å². The van der Waals surface area contributed by atoms with E-state index in [-0.39, 0.29) is 11.7 Å². The molecule has 0 bridgehead atoms. The largest absolute Gasteiger partial charge is 0.496 e. The summed E-state index contributed by atoms with van der Waals surface area (Å²) in [5.74, 6) is 2.47. The van der Waals surface area contributed by atoms with Crippen LogP contribution in [-0.4, -0.2) is 50.8 Å². The van der Waals surface area contributed by atoms with Crippen LogP contribution in [-0.2, 0) is 13.1 Å². The van der Waals surface area contributed by atoms with E-state index in [1.54, 1.807) is 18.0 Å². The molecule has 35 heavy (non-hydrogen) atoms. The minimum absolute atomic E-state index is 0.130. The average Bonchev–Trinajstić information content (AvgIpc) is 3.53. The monoisotopic (exact) mass is 472 g/mol. The lowest BCUT2D eigenvalue weighted by Crippen LogP contribution is -2.24. The van der Waals surface area contributed by atoms with Crippen LogP contribution in [0.5, 0.6) is 5.75 Å². The molecule has 3 N–H and O–H groups in total. The molecule has 3 aromatic heterocycles. The first-order chi connectivity index (χ1) is 17.0. The van der Waals surface area contributed by atoms with Crippen molar-refractivity contribution in [2.75, 3.05) is 30.8 Å². The number of ether oxygens (including phenoxy) is 1. The number of rotatable bonds is 7. The number of nitrogen functional groups attached to an aromatic ring is 1. The van der Waals surface area contributed by atoms with Crippen molar-refractivity contribution in [2.24, 2.45) is 0 Å². The predicted molar refractivity (Wildman–Crippen MR) is 133 cm³/mol. The van der Waals surface area contributed by atoms with E-state index in [1.807, 2.05) is 37.4 Å². The molecule has 1 fully saturated rings. The van der Waals surface area contributed by atoms with Crippen molar-refractivity contribution in [3.05, 3.63) is 65.5 Å². The molecule has 1 aliphatic heterocycles. The van der Waals surface area contributed by atoms with Gasteiger partial charge in [0, 0.05) is 32.0 Å². The molecule has 0 atom stereocenters. The summed E-state index contributed by atoms with van der Waals surface area (Å²) in [5.41, 5.74) is 7.88. The molecule has 5 rings (SSSR count). The second kappa shape index (κ2) is 9.57. The fourth-order valence-electron chi connectivity index (χ4n) is 4.37. The maximum atomic E-state index is 12.8. The fraction of sp³-hybridized carbons (Fsp3) is 0.320. The Labute approximate surface area is 203 Å². The molecule has 4 aromatic rings. The maximum absolute atomic E-state index is 12.8. The van der Waals surface area contributed by atoms with Crippen LogP contribution in [0.2, 0.25) is 0 Å². The molecule has 180 valence electrons. The molecule has 10 nitrogen and oxygen atoms in total. The first-order valence-electron chi connectivity index (χ1n) is 11.6. The molecule has 0 spiro atoms. The van der Waals surface area contributed by atoms with Gasteiger partial charge in [0.15, 0.2) is 0 Å². The molecule has 0 aliphatic carbocycles. The second-order valence-electron chi connectivity index (χ2n) is 8.63. The number of pyridine rings is 2. The Hall–Kier alpha value is -4.21. The Balaban J connectivity index is 1.25. The van der Waals surface area contributed by atoms with Crippen LogP contribution in [0.3, 0.4) is 0 Å². The van der Waals surface area contributed by atoms with Gasteiger partial charge in [-0.3, -0.25) is 4.79 Å². The number of hydrogen-bond donors (Lipinski definition) is 2. The Morgan fingerprint density at radius 1 is 1.14 bits per heavy atom. The van der Waals surface area contributed by atoms with Crippen LogP contribution < -0.4 is 20.7 Å². The summed E-state index contributed by atoms with van der Waals surface area (Å²) >= 11 is 0. The van der Waals surface area contributed by atoms with E-state index < -0.39 is 0 Å². The number of hydrogen-bond acceptors (Lipinski definition) is 8. The van der Waals surface area contributed by atoms with Crippen LogP contribution in [0, 0.1) is 6.92 Å². The van der Waals surface area contributed by atoms with Crippen molar-refractivity contribution in [2.45, 2.75) is 32.9 Å². The molecule has 0 saturated carbocycles. The van der Waals surface area contributed by atoms with Gasteiger partial charge in [0.2, 0.25) is 5.82 Å². The highest BCUT2D eigenvalue weighted by Crippen LogP contribution is 2.30. The Kier molecular flexibility index (Phi) is 6.17. The highest BCUT2D eigenvalue weighted by atomic mass is 16.5. The zero-order chi connectivity index (χ0) is 24.4. The summed E-state index contributed by atoms with van der Waals surface area (Å²) in [7, 11) is 1.58. The molecule has 1 aromatic carbocycles. The third-order valence-electron chi connectivity index (χ3n) is 6.22. The van der Waals surface area contributed by atoms with E-state index in [4.69, 9.17) is 10.5 Å². The molecule has 0 radical (unpaired) electrons. The number of benzene rings is 1. The number of nitrogens with one attached hydrogen (secondary N) is 1. The minimum Gasteiger partial charge on any atom is -0.496 e. The van der Waals surface area contributed by atoms with Gasteiger partial charge >= 0.3 is 0 Å².